The number of hydrogen-bond donors (Lipinski definition) is 0. The standard InChI is InChI=1S/C30H39N3O3/c1-6-24(4)33(30(35)23(2)3)22-29(34)32(19-25-12-8-7-9-13-25)21-27-15-11-17-31(27)20-26-14-10-16-28(18-26)36-5/h7-18,23-24H,6,19-22H2,1-5H3. The Morgan fingerprint density at radius 3 is 2.31 bits per heavy atom. The largest absolute Gasteiger partial charge is 0.497 e. The van der Waals surface area contributed by atoms with E-state index in [0.717, 1.165) is 29.0 Å². The van der Waals surface area contributed by atoms with Gasteiger partial charge in [-0.2, -0.15) is 0 Å². The van der Waals surface area contributed by atoms with Crippen molar-refractivity contribution in [1.82, 2.24) is 14.4 Å². The molecule has 0 radical (unpaired) electrons. The number of carbonyl (C=O) groups is 2. The molecule has 3 aromatic rings. The molecular weight excluding hydrogens is 450 g/mol. The van der Waals surface area contributed by atoms with Gasteiger partial charge in [0.15, 0.2) is 0 Å². The minimum atomic E-state index is -0.158. The zero-order valence-corrected chi connectivity index (χ0v) is 22.2. The summed E-state index contributed by atoms with van der Waals surface area (Å²) in [6.07, 6.45) is 2.83. The van der Waals surface area contributed by atoms with E-state index < -0.39 is 0 Å². The summed E-state index contributed by atoms with van der Waals surface area (Å²) in [6, 6.07) is 22.1. The second-order valence-corrected chi connectivity index (χ2v) is 9.59. The topological polar surface area (TPSA) is 54.8 Å². The molecule has 0 aliphatic heterocycles. The normalized spacial score (nSPS) is 11.8. The summed E-state index contributed by atoms with van der Waals surface area (Å²) in [5.74, 6) is 0.623. The van der Waals surface area contributed by atoms with E-state index in [2.05, 4.69) is 16.7 Å². The highest BCUT2D eigenvalue weighted by Gasteiger charge is 2.27. The Balaban J connectivity index is 1.85. The highest BCUT2D eigenvalue weighted by Crippen LogP contribution is 2.18. The molecule has 1 heterocycles. The van der Waals surface area contributed by atoms with Crippen LogP contribution < -0.4 is 4.74 Å². The summed E-state index contributed by atoms with van der Waals surface area (Å²) in [6.45, 7) is 9.51. The maximum absolute atomic E-state index is 13.7. The number of benzene rings is 2. The molecule has 6 heteroatoms. The number of aromatic nitrogens is 1. The van der Waals surface area contributed by atoms with Gasteiger partial charge in [-0.3, -0.25) is 9.59 Å². The lowest BCUT2D eigenvalue weighted by Crippen LogP contribution is -2.47. The molecule has 0 saturated carbocycles. The van der Waals surface area contributed by atoms with Gasteiger partial charge >= 0.3 is 0 Å². The van der Waals surface area contributed by atoms with Crippen LogP contribution in [0.5, 0.6) is 5.75 Å². The molecule has 3 rings (SSSR count). The zero-order valence-electron chi connectivity index (χ0n) is 22.2. The first-order chi connectivity index (χ1) is 17.3. The Hall–Kier alpha value is -3.54. The Kier molecular flexibility index (Phi) is 9.74. The van der Waals surface area contributed by atoms with Crippen LogP contribution in [0.25, 0.3) is 0 Å². The number of hydrogen-bond acceptors (Lipinski definition) is 3. The van der Waals surface area contributed by atoms with Crippen LogP contribution in [0.2, 0.25) is 0 Å². The van der Waals surface area contributed by atoms with Gasteiger partial charge < -0.3 is 19.1 Å². The van der Waals surface area contributed by atoms with Crippen LogP contribution in [-0.4, -0.2) is 45.9 Å². The molecule has 2 amide bonds. The minimum Gasteiger partial charge on any atom is -0.497 e. The Labute approximate surface area is 215 Å². The highest BCUT2D eigenvalue weighted by atomic mass is 16.5. The summed E-state index contributed by atoms with van der Waals surface area (Å²) in [4.78, 5) is 30.2. The molecule has 0 aliphatic rings. The second-order valence-electron chi connectivity index (χ2n) is 9.59. The van der Waals surface area contributed by atoms with Crippen molar-refractivity contribution < 1.29 is 14.3 Å². The van der Waals surface area contributed by atoms with Gasteiger partial charge in [0.05, 0.1) is 13.7 Å². The molecule has 192 valence electrons. The van der Waals surface area contributed by atoms with Crippen LogP contribution in [0, 0.1) is 5.92 Å². The summed E-state index contributed by atoms with van der Waals surface area (Å²) in [7, 11) is 1.67. The van der Waals surface area contributed by atoms with Gasteiger partial charge in [0, 0.05) is 36.9 Å². The molecule has 2 aromatic carbocycles. The van der Waals surface area contributed by atoms with Crippen LogP contribution in [0.1, 0.15) is 50.9 Å². The number of ether oxygens (including phenoxy) is 1. The SMILES string of the molecule is CCC(C)N(CC(=O)N(Cc1ccccc1)Cc1cccn1Cc1cccc(OC)c1)C(=O)C(C)C. The van der Waals surface area contributed by atoms with Crippen molar-refractivity contribution in [3.8, 4) is 5.75 Å². The van der Waals surface area contributed by atoms with Crippen LogP contribution in [0.4, 0.5) is 0 Å². The van der Waals surface area contributed by atoms with E-state index in [1.165, 1.54) is 0 Å². The molecule has 1 aromatic heterocycles. The lowest BCUT2D eigenvalue weighted by molar-refractivity contribution is -0.145. The van der Waals surface area contributed by atoms with Crippen molar-refractivity contribution in [3.63, 3.8) is 0 Å². The van der Waals surface area contributed by atoms with Crippen LogP contribution in [-0.2, 0) is 29.2 Å². The smallest absolute Gasteiger partial charge is 0.242 e. The average Bonchev–Trinajstić information content (AvgIpc) is 3.32. The third-order valence-corrected chi connectivity index (χ3v) is 6.54. The lowest BCUT2D eigenvalue weighted by atomic mass is 10.1. The molecule has 0 N–H and O–H groups in total. The van der Waals surface area contributed by atoms with Gasteiger partial charge in [-0.15, -0.1) is 0 Å². The predicted molar refractivity (Wildman–Crippen MR) is 144 cm³/mol. The van der Waals surface area contributed by atoms with Crippen molar-refractivity contribution in [2.45, 2.75) is 59.8 Å². The molecule has 0 fully saturated rings. The molecule has 0 bridgehead atoms. The van der Waals surface area contributed by atoms with E-state index in [1.54, 1.807) is 12.0 Å². The number of methoxy groups -OCH3 is 1. The van der Waals surface area contributed by atoms with E-state index >= 15 is 0 Å². The first kappa shape index (κ1) is 27.1. The molecular formula is C30H39N3O3. The average molecular weight is 490 g/mol. The van der Waals surface area contributed by atoms with Crippen molar-refractivity contribution in [2.24, 2.45) is 5.92 Å². The monoisotopic (exact) mass is 489 g/mol. The quantitative estimate of drug-likeness (QED) is 0.344. The molecule has 0 saturated heterocycles. The van der Waals surface area contributed by atoms with Gasteiger partial charge in [-0.25, -0.2) is 0 Å². The highest BCUT2D eigenvalue weighted by molar-refractivity contribution is 5.86. The maximum Gasteiger partial charge on any atom is 0.242 e. The van der Waals surface area contributed by atoms with Gasteiger partial charge in [0.2, 0.25) is 11.8 Å². The van der Waals surface area contributed by atoms with Gasteiger partial charge in [0.25, 0.3) is 0 Å². The molecule has 1 unspecified atom stereocenters. The third kappa shape index (κ3) is 7.23. The fourth-order valence-corrected chi connectivity index (χ4v) is 4.20. The van der Waals surface area contributed by atoms with Crippen molar-refractivity contribution in [1.29, 1.82) is 0 Å². The summed E-state index contributed by atoms with van der Waals surface area (Å²) < 4.78 is 7.53. The van der Waals surface area contributed by atoms with Crippen molar-refractivity contribution >= 4 is 11.8 Å². The fourth-order valence-electron chi connectivity index (χ4n) is 4.20. The second kappa shape index (κ2) is 13.0. The van der Waals surface area contributed by atoms with Crippen LogP contribution in [0.3, 0.4) is 0 Å². The van der Waals surface area contributed by atoms with E-state index in [0.29, 0.717) is 19.6 Å². The van der Waals surface area contributed by atoms with Gasteiger partial charge in [0.1, 0.15) is 12.3 Å². The number of rotatable bonds is 12. The van der Waals surface area contributed by atoms with E-state index in [1.807, 2.05) is 93.4 Å². The molecule has 0 aliphatic carbocycles. The Morgan fingerprint density at radius 1 is 0.917 bits per heavy atom. The molecule has 0 spiro atoms. The fraction of sp³-hybridized carbons (Fsp3) is 0.400. The Bertz CT molecular complexity index is 1120. The summed E-state index contributed by atoms with van der Waals surface area (Å²) in [5.41, 5.74) is 3.22. The Morgan fingerprint density at radius 2 is 1.64 bits per heavy atom. The maximum atomic E-state index is 13.7. The zero-order chi connectivity index (χ0) is 26.1. The molecule has 1 atom stereocenters. The molecule has 36 heavy (non-hydrogen) atoms. The third-order valence-electron chi connectivity index (χ3n) is 6.54. The van der Waals surface area contributed by atoms with Crippen molar-refractivity contribution in [2.75, 3.05) is 13.7 Å². The minimum absolute atomic E-state index is 0.000604. The van der Waals surface area contributed by atoms with E-state index in [9.17, 15) is 9.59 Å². The number of carbonyl (C=O) groups excluding carboxylic acids is 2. The van der Waals surface area contributed by atoms with E-state index in [-0.39, 0.29) is 30.3 Å². The summed E-state index contributed by atoms with van der Waals surface area (Å²) in [5, 5.41) is 0. The number of nitrogens with zero attached hydrogens (tertiary/aromatic N) is 3. The van der Waals surface area contributed by atoms with Crippen molar-refractivity contribution in [3.05, 3.63) is 89.7 Å². The van der Waals surface area contributed by atoms with E-state index in [4.69, 9.17) is 4.74 Å². The first-order valence-corrected chi connectivity index (χ1v) is 12.7. The summed E-state index contributed by atoms with van der Waals surface area (Å²) >= 11 is 0. The number of amides is 2. The predicted octanol–water partition coefficient (Wildman–Crippen LogP) is 5.36. The van der Waals surface area contributed by atoms with Crippen LogP contribution in [0.15, 0.2) is 72.9 Å². The molecule has 6 nitrogen and oxygen atoms in total. The van der Waals surface area contributed by atoms with Crippen LogP contribution >= 0.6 is 0 Å². The van der Waals surface area contributed by atoms with Gasteiger partial charge in [-0.05, 0) is 48.7 Å². The lowest BCUT2D eigenvalue weighted by Gasteiger charge is -2.32. The van der Waals surface area contributed by atoms with Gasteiger partial charge in [-0.1, -0.05) is 63.2 Å². The first-order valence-electron chi connectivity index (χ1n) is 12.7.